The average molecular weight is 273 g/mol. The molecule has 1 unspecified atom stereocenters. The fraction of sp³-hybridized carbons (Fsp3) is 0.267. The number of amides is 1. The van der Waals surface area contributed by atoms with Gasteiger partial charge in [-0.3, -0.25) is 14.9 Å². The van der Waals surface area contributed by atoms with Gasteiger partial charge >= 0.3 is 0 Å². The summed E-state index contributed by atoms with van der Waals surface area (Å²) in [6.45, 7) is 3.83. The Labute approximate surface area is 118 Å². The zero-order valence-corrected chi connectivity index (χ0v) is 11.6. The summed E-state index contributed by atoms with van der Waals surface area (Å²) in [6, 6.07) is 9.91. The molecule has 20 heavy (non-hydrogen) atoms. The van der Waals surface area contributed by atoms with Gasteiger partial charge in [-0.2, -0.15) is 0 Å². The first-order valence-corrected chi connectivity index (χ1v) is 6.46. The summed E-state index contributed by atoms with van der Waals surface area (Å²) < 4.78 is 1.72. The maximum atomic E-state index is 12.1. The van der Waals surface area contributed by atoms with Gasteiger partial charge in [0.1, 0.15) is 5.75 Å². The second kappa shape index (κ2) is 5.79. The van der Waals surface area contributed by atoms with Crippen molar-refractivity contribution in [3.63, 3.8) is 0 Å². The van der Waals surface area contributed by atoms with Crippen LogP contribution in [0.5, 0.6) is 5.75 Å². The monoisotopic (exact) mass is 273 g/mol. The molecule has 1 atom stereocenters. The first kappa shape index (κ1) is 14.1. The van der Waals surface area contributed by atoms with Crippen LogP contribution in [0, 0.1) is 13.8 Å². The molecule has 1 amide bonds. The maximum absolute atomic E-state index is 12.1. The number of aromatic hydroxyl groups is 1. The zero-order chi connectivity index (χ0) is 14.7. The van der Waals surface area contributed by atoms with E-state index in [1.54, 1.807) is 28.9 Å². The van der Waals surface area contributed by atoms with Crippen molar-refractivity contribution in [2.75, 3.05) is 5.43 Å². The number of nitrogens with two attached hydrogens (primary N) is 1. The summed E-state index contributed by atoms with van der Waals surface area (Å²) in [7, 11) is 0. The van der Waals surface area contributed by atoms with Gasteiger partial charge in [-0.15, -0.1) is 0 Å². The normalized spacial score (nSPS) is 12.2. The Bertz CT molecular complexity index is 583. The number of hydrogen-bond acceptors (Lipinski definition) is 3. The van der Waals surface area contributed by atoms with Crippen LogP contribution in [0.15, 0.2) is 36.4 Å². The van der Waals surface area contributed by atoms with Crippen LogP contribution in [0.2, 0.25) is 0 Å². The average Bonchev–Trinajstić information content (AvgIpc) is 2.73. The summed E-state index contributed by atoms with van der Waals surface area (Å²) in [6.07, 6.45) is 0.422. The van der Waals surface area contributed by atoms with E-state index in [4.69, 9.17) is 5.73 Å². The molecule has 0 radical (unpaired) electrons. The molecule has 1 heterocycles. The smallest absolute Gasteiger partial charge is 0.256 e. The maximum Gasteiger partial charge on any atom is 0.256 e. The third-order valence-electron chi connectivity index (χ3n) is 3.22. The number of carbonyl (C=O) groups excluding carboxylic acids is 1. The predicted octanol–water partition coefficient (Wildman–Crippen LogP) is 1.45. The number of nitrogens with one attached hydrogen (secondary N) is 1. The minimum atomic E-state index is -0.638. The lowest BCUT2D eigenvalue weighted by atomic mass is 10.1. The summed E-state index contributed by atoms with van der Waals surface area (Å²) in [5.74, 6) is -0.0363. The van der Waals surface area contributed by atoms with Gasteiger partial charge in [-0.25, -0.2) is 0 Å². The molecule has 0 fully saturated rings. The van der Waals surface area contributed by atoms with Crippen molar-refractivity contribution in [3.8, 4) is 5.75 Å². The number of phenols is 1. The van der Waals surface area contributed by atoms with Gasteiger partial charge in [0.2, 0.25) is 0 Å². The van der Waals surface area contributed by atoms with Gasteiger partial charge in [0, 0.05) is 11.4 Å². The van der Waals surface area contributed by atoms with E-state index in [0.717, 1.165) is 17.0 Å². The number of benzene rings is 1. The quantitative estimate of drug-likeness (QED) is 0.788. The van der Waals surface area contributed by atoms with E-state index < -0.39 is 6.04 Å². The first-order chi connectivity index (χ1) is 9.47. The van der Waals surface area contributed by atoms with Crippen molar-refractivity contribution in [2.45, 2.75) is 26.3 Å². The molecule has 106 valence electrons. The second-order valence-electron chi connectivity index (χ2n) is 4.90. The van der Waals surface area contributed by atoms with E-state index in [2.05, 4.69) is 5.43 Å². The topological polar surface area (TPSA) is 80.3 Å². The first-order valence-electron chi connectivity index (χ1n) is 6.46. The Morgan fingerprint density at radius 3 is 2.30 bits per heavy atom. The molecule has 2 aromatic rings. The summed E-state index contributed by atoms with van der Waals surface area (Å²) in [5.41, 5.74) is 11.5. The van der Waals surface area contributed by atoms with E-state index in [-0.39, 0.29) is 11.7 Å². The van der Waals surface area contributed by atoms with Crippen molar-refractivity contribution in [1.82, 2.24) is 4.68 Å². The van der Waals surface area contributed by atoms with Crippen LogP contribution in [0.3, 0.4) is 0 Å². The van der Waals surface area contributed by atoms with Crippen LogP contribution in [0.25, 0.3) is 0 Å². The van der Waals surface area contributed by atoms with Crippen LogP contribution in [-0.2, 0) is 11.2 Å². The van der Waals surface area contributed by atoms with E-state index in [1.165, 1.54) is 0 Å². The van der Waals surface area contributed by atoms with Crippen LogP contribution in [0.4, 0.5) is 0 Å². The van der Waals surface area contributed by atoms with Gasteiger partial charge in [-0.05, 0) is 50.1 Å². The summed E-state index contributed by atoms with van der Waals surface area (Å²) in [4.78, 5) is 12.1. The van der Waals surface area contributed by atoms with Crippen LogP contribution in [0.1, 0.15) is 17.0 Å². The van der Waals surface area contributed by atoms with Gasteiger partial charge in [0.15, 0.2) is 0 Å². The highest BCUT2D eigenvalue weighted by Gasteiger charge is 2.15. The van der Waals surface area contributed by atoms with Crippen molar-refractivity contribution in [1.29, 1.82) is 0 Å². The van der Waals surface area contributed by atoms with E-state index >= 15 is 0 Å². The van der Waals surface area contributed by atoms with E-state index in [1.807, 2.05) is 26.0 Å². The van der Waals surface area contributed by atoms with Crippen molar-refractivity contribution < 1.29 is 9.90 Å². The summed E-state index contributed by atoms with van der Waals surface area (Å²) >= 11 is 0. The van der Waals surface area contributed by atoms with Gasteiger partial charge < -0.3 is 10.8 Å². The summed E-state index contributed by atoms with van der Waals surface area (Å²) in [5, 5.41) is 9.22. The van der Waals surface area contributed by atoms with Gasteiger partial charge in [-0.1, -0.05) is 12.1 Å². The molecule has 1 aromatic heterocycles. The third-order valence-corrected chi connectivity index (χ3v) is 3.22. The standard InChI is InChI=1S/C15H19N3O2/c1-10-3-4-11(2)18(10)17-15(20)14(16)9-12-5-7-13(19)8-6-12/h3-8,14,19H,9,16H2,1-2H3,(H,17,20). The Balaban J connectivity index is 2.00. The van der Waals surface area contributed by atoms with Crippen LogP contribution < -0.4 is 11.2 Å². The molecule has 0 bridgehead atoms. The van der Waals surface area contributed by atoms with Gasteiger partial charge in [0.05, 0.1) is 6.04 Å². The van der Waals surface area contributed by atoms with E-state index in [9.17, 15) is 9.90 Å². The molecular weight excluding hydrogens is 254 g/mol. The number of hydrogen-bond donors (Lipinski definition) is 3. The molecule has 1 aromatic carbocycles. The van der Waals surface area contributed by atoms with E-state index in [0.29, 0.717) is 6.42 Å². The second-order valence-corrected chi connectivity index (χ2v) is 4.90. The molecule has 2 rings (SSSR count). The van der Waals surface area contributed by atoms with Crippen molar-refractivity contribution in [3.05, 3.63) is 53.3 Å². The Morgan fingerprint density at radius 1 is 1.20 bits per heavy atom. The lowest BCUT2D eigenvalue weighted by Gasteiger charge is -2.15. The largest absolute Gasteiger partial charge is 0.508 e. The zero-order valence-electron chi connectivity index (χ0n) is 11.6. The highest BCUT2D eigenvalue weighted by atomic mass is 16.3. The Hall–Kier alpha value is -2.27. The fourth-order valence-corrected chi connectivity index (χ4v) is 2.02. The van der Waals surface area contributed by atoms with Gasteiger partial charge in [0.25, 0.3) is 5.91 Å². The number of nitrogens with zero attached hydrogens (tertiary/aromatic N) is 1. The SMILES string of the molecule is Cc1ccc(C)n1NC(=O)C(N)Cc1ccc(O)cc1. The van der Waals surface area contributed by atoms with Crippen LogP contribution in [-0.4, -0.2) is 21.7 Å². The Morgan fingerprint density at radius 2 is 1.75 bits per heavy atom. The minimum absolute atomic E-state index is 0.199. The number of rotatable bonds is 4. The van der Waals surface area contributed by atoms with Crippen molar-refractivity contribution >= 4 is 5.91 Å². The number of phenolic OH excluding ortho intramolecular Hbond substituents is 1. The molecule has 0 aliphatic heterocycles. The highest BCUT2D eigenvalue weighted by molar-refractivity contribution is 5.89. The lowest BCUT2D eigenvalue weighted by molar-refractivity contribution is -0.118. The molecule has 5 heteroatoms. The lowest BCUT2D eigenvalue weighted by Crippen LogP contribution is -2.41. The number of aromatic nitrogens is 1. The molecular formula is C15H19N3O2. The molecule has 0 aliphatic rings. The number of carbonyl (C=O) groups is 1. The third kappa shape index (κ3) is 3.19. The molecule has 0 aliphatic carbocycles. The van der Waals surface area contributed by atoms with Crippen molar-refractivity contribution in [2.24, 2.45) is 5.73 Å². The number of aryl methyl sites for hydroxylation is 2. The highest BCUT2D eigenvalue weighted by Crippen LogP contribution is 2.11. The molecule has 0 saturated heterocycles. The molecule has 0 saturated carbocycles. The molecule has 5 nitrogen and oxygen atoms in total. The molecule has 4 N–H and O–H groups in total. The predicted molar refractivity (Wildman–Crippen MR) is 78.1 cm³/mol. The fourth-order valence-electron chi connectivity index (χ4n) is 2.02. The minimum Gasteiger partial charge on any atom is -0.508 e. The molecule has 0 spiro atoms. The Kier molecular flexibility index (Phi) is 4.10. The van der Waals surface area contributed by atoms with Crippen LogP contribution >= 0.6 is 0 Å².